The molecule has 0 bridgehead atoms. The van der Waals surface area contributed by atoms with Gasteiger partial charge in [0.25, 0.3) is 0 Å². The molecule has 3 N–H and O–H groups in total. The number of carbonyl (C=O) groups excluding carboxylic acids is 2. The number of hydrogen-bond acceptors (Lipinski definition) is 6. The number of ether oxygens (including phenoxy) is 2. The summed E-state index contributed by atoms with van der Waals surface area (Å²) in [6.45, 7) is 0. The van der Waals surface area contributed by atoms with Crippen molar-refractivity contribution in [2.75, 3.05) is 19.5 Å². The molecule has 8 heteroatoms. The molecule has 25 heavy (non-hydrogen) atoms. The van der Waals surface area contributed by atoms with Gasteiger partial charge in [0.1, 0.15) is 17.2 Å². The average Bonchev–Trinajstić information content (AvgIpc) is 2.63. The van der Waals surface area contributed by atoms with Crippen LogP contribution < -0.4 is 20.2 Å². The summed E-state index contributed by atoms with van der Waals surface area (Å²) in [6, 6.07) is 11.0. The molecule has 0 saturated heterocycles. The molecule has 0 atom stereocenters. The van der Waals surface area contributed by atoms with Crippen LogP contribution in [0.4, 0.5) is 5.69 Å². The first-order chi connectivity index (χ1) is 12.0. The summed E-state index contributed by atoms with van der Waals surface area (Å²) in [4.78, 5) is 23.7. The molecule has 2 aromatic carbocycles. The summed E-state index contributed by atoms with van der Waals surface area (Å²) in [5.74, 6) is -0.849. The van der Waals surface area contributed by atoms with Crippen molar-refractivity contribution >= 4 is 23.7 Å². The van der Waals surface area contributed by atoms with Crippen LogP contribution >= 0.6 is 0 Å². The van der Waals surface area contributed by atoms with Crippen LogP contribution in [0.25, 0.3) is 0 Å². The van der Waals surface area contributed by atoms with E-state index in [1.807, 2.05) is 0 Å². The van der Waals surface area contributed by atoms with Crippen molar-refractivity contribution in [2.45, 2.75) is 0 Å². The Morgan fingerprint density at radius 3 is 2.40 bits per heavy atom. The monoisotopic (exact) mass is 343 g/mol. The van der Waals surface area contributed by atoms with Gasteiger partial charge in [-0.1, -0.05) is 0 Å². The number of methoxy groups -OCH3 is 2. The van der Waals surface area contributed by atoms with E-state index in [4.69, 9.17) is 9.47 Å². The molecule has 0 saturated carbocycles. The van der Waals surface area contributed by atoms with Crippen molar-refractivity contribution in [2.24, 2.45) is 5.10 Å². The van der Waals surface area contributed by atoms with E-state index in [1.54, 1.807) is 24.3 Å². The minimum absolute atomic E-state index is 0.118. The fraction of sp³-hybridized carbons (Fsp3) is 0.118. The Hall–Kier alpha value is -3.55. The third-order valence-electron chi connectivity index (χ3n) is 3.13. The molecule has 0 aliphatic heterocycles. The predicted molar refractivity (Wildman–Crippen MR) is 92.0 cm³/mol. The van der Waals surface area contributed by atoms with Gasteiger partial charge in [-0.3, -0.25) is 9.59 Å². The fourth-order valence-electron chi connectivity index (χ4n) is 1.87. The second-order valence-electron chi connectivity index (χ2n) is 4.81. The van der Waals surface area contributed by atoms with E-state index in [9.17, 15) is 14.7 Å². The van der Waals surface area contributed by atoms with Crippen LogP contribution in [0.1, 0.15) is 5.56 Å². The number of hydrazone groups is 1. The number of benzene rings is 2. The molecule has 0 aliphatic carbocycles. The number of amides is 2. The summed E-state index contributed by atoms with van der Waals surface area (Å²) >= 11 is 0. The van der Waals surface area contributed by atoms with Crippen molar-refractivity contribution in [3.05, 3.63) is 48.0 Å². The number of phenolic OH excluding ortho intramolecular Hbond substituents is 1. The lowest BCUT2D eigenvalue weighted by Gasteiger charge is -2.11. The Morgan fingerprint density at radius 2 is 1.76 bits per heavy atom. The van der Waals surface area contributed by atoms with Crippen LogP contribution in [0, 0.1) is 0 Å². The molecule has 0 radical (unpaired) electrons. The number of rotatable bonds is 5. The number of nitrogens with zero attached hydrogens (tertiary/aromatic N) is 1. The molecule has 0 heterocycles. The van der Waals surface area contributed by atoms with Crippen LogP contribution in [0.15, 0.2) is 47.6 Å². The molecule has 2 aromatic rings. The van der Waals surface area contributed by atoms with Gasteiger partial charge in [-0.2, -0.15) is 5.10 Å². The molecular weight excluding hydrogens is 326 g/mol. The number of carbonyl (C=O) groups is 2. The van der Waals surface area contributed by atoms with Gasteiger partial charge in [-0.15, -0.1) is 0 Å². The van der Waals surface area contributed by atoms with Crippen molar-refractivity contribution in [1.82, 2.24) is 5.43 Å². The summed E-state index contributed by atoms with van der Waals surface area (Å²) in [6.07, 6.45) is 1.34. The Labute approximate surface area is 144 Å². The van der Waals surface area contributed by atoms with E-state index in [0.29, 0.717) is 22.7 Å². The molecule has 2 amide bonds. The molecular formula is C17H17N3O5. The van der Waals surface area contributed by atoms with Crippen molar-refractivity contribution < 1.29 is 24.2 Å². The molecule has 8 nitrogen and oxygen atoms in total. The van der Waals surface area contributed by atoms with Gasteiger partial charge in [0.2, 0.25) is 0 Å². The van der Waals surface area contributed by atoms with Gasteiger partial charge in [-0.05, 0) is 42.0 Å². The first-order valence-corrected chi connectivity index (χ1v) is 7.19. The number of aromatic hydroxyl groups is 1. The summed E-state index contributed by atoms with van der Waals surface area (Å²) in [5.41, 5.74) is 3.06. The fourth-order valence-corrected chi connectivity index (χ4v) is 1.87. The molecule has 130 valence electrons. The number of anilines is 1. The molecule has 0 spiro atoms. The van der Waals surface area contributed by atoms with E-state index in [0.717, 1.165) is 0 Å². The van der Waals surface area contributed by atoms with E-state index in [2.05, 4.69) is 15.8 Å². The van der Waals surface area contributed by atoms with E-state index in [-0.39, 0.29) is 5.75 Å². The SMILES string of the molecule is COc1ccc(OC)c(NC(=O)C(=O)N/N=C\c2ccc(O)cc2)c1. The van der Waals surface area contributed by atoms with Gasteiger partial charge < -0.3 is 19.9 Å². The number of nitrogens with one attached hydrogen (secondary N) is 2. The van der Waals surface area contributed by atoms with Crippen LogP contribution in [0.2, 0.25) is 0 Å². The smallest absolute Gasteiger partial charge is 0.329 e. The second-order valence-corrected chi connectivity index (χ2v) is 4.81. The summed E-state index contributed by atoms with van der Waals surface area (Å²) < 4.78 is 10.2. The maximum Gasteiger partial charge on any atom is 0.329 e. The Morgan fingerprint density at radius 1 is 1.04 bits per heavy atom. The van der Waals surface area contributed by atoms with E-state index >= 15 is 0 Å². The number of phenols is 1. The van der Waals surface area contributed by atoms with Gasteiger partial charge >= 0.3 is 11.8 Å². The van der Waals surface area contributed by atoms with Gasteiger partial charge in [0.05, 0.1) is 26.1 Å². The summed E-state index contributed by atoms with van der Waals surface area (Å²) in [5, 5.41) is 15.3. The highest BCUT2D eigenvalue weighted by Gasteiger charge is 2.16. The standard InChI is InChI=1S/C17H17N3O5/c1-24-13-7-8-15(25-2)14(9-13)19-16(22)17(23)20-18-10-11-3-5-12(21)6-4-11/h3-10,21H,1-2H3,(H,19,22)(H,20,23)/b18-10-. The zero-order valence-electron chi connectivity index (χ0n) is 13.6. The van der Waals surface area contributed by atoms with E-state index < -0.39 is 11.8 Å². The summed E-state index contributed by atoms with van der Waals surface area (Å²) in [7, 11) is 2.93. The lowest BCUT2D eigenvalue weighted by molar-refractivity contribution is -0.136. The first-order valence-electron chi connectivity index (χ1n) is 7.19. The average molecular weight is 343 g/mol. The topological polar surface area (TPSA) is 109 Å². The quantitative estimate of drug-likeness (QED) is 0.433. The third-order valence-corrected chi connectivity index (χ3v) is 3.13. The number of hydrogen-bond donors (Lipinski definition) is 3. The van der Waals surface area contributed by atoms with Crippen molar-refractivity contribution in [1.29, 1.82) is 0 Å². The Kier molecular flexibility index (Phi) is 5.94. The van der Waals surface area contributed by atoms with Gasteiger partial charge in [-0.25, -0.2) is 5.43 Å². The normalized spacial score (nSPS) is 10.3. The Balaban J connectivity index is 1.98. The molecule has 0 unspecified atom stereocenters. The van der Waals surface area contributed by atoms with E-state index in [1.165, 1.54) is 38.6 Å². The lowest BCUT2D eigenvalue weighted by atomic mass is 10.2. The molecule has 0 fully saturated rings. The minimum Gasteiger partial charge on any atom is -0.508 e. The minimum atomic E-state index is -0.945. The van der Waals surface area contributed by atoms with Gasteiger partial charge in [0.15, 0.2) is 0 Å². The zero-order valence-corrected chi connectivity index (χ0v) is 13.6. The molecule has 0 aromatic heterocycles. The van der Waals surface area contributed by atoms with Crippen LogP contribution in [-0.4, -0.2) is 37.4 Å². The highest BCUT2D eigenvalue weighted by atomic mass is 16.5. The zero-order chi connectivity index (χ0) is 18.2. The van der Waals surface area contributed by atoms with Gasteiger partial charge in [0, 0.05) is 6.07 Å². The highest BCUT2D eigenvalue weighted by molar-refractivity contribution is 6.39. The van der Waals surface area contributed by atoms with Crippen LogP contribution in [0.3, 0.4) is 0 Å². The molecule has 2 rings (SSSR count). The van der Waals surface area contributed by atoms with Crippen LogP contribution in [0.5, 0.6) is 17.2 Å². The largest absolute Gasteiger partial charge is 0.508 e. The lowest BCUT2D eigenvalue weighted by Crippen LogP contribution is -2.32. The van der Waals surface area contributed by atoms with Crippen molar-refractivity contribution in [3.8, 4) is 17.2 Å². The Bertz CT molecular complexity index is 787. The third kappa shape index (κ3) is 4.96. The second kappa shape index (κ2) is 8.34. The van der Waals surface area contributed by atoms with Crippen LogP contribution in [-0.2, 0) is 9.59 Å². The highest BCUT2D eigenvalue weighted by Crippen LogP contribution is 2.28. The predicted octanol–water partition coefficient (Wildman–Crippen LogP) is 1.50. The first kappa shape index (κ1) is 17.8. The maximum absolute atomic E-state index is 11.9. The van der Waals surface area contributed by atoms with Crippen molar-refractivity contribution in [3.63, 3.8) is 0 Å². The maximum atomic E-state index is 11.9. The molecule has 0 aliphatic rings.